The maximum absolute atomic E-state index is 12.5. The summed E-state index contributed by atoms with van der Waals surface area (Å²) in [5.41, 5.74) is 0.729. The van der Waals surface area contributed by atoms with Gasteiger partial charge in [-0.05, 0) is 18.2 Å². The summed E-state index contributed by atoms with van der Waals surface area (Å²) in [6, 6.07) is 5.70. The Bertz CT molecular complexity index is 517. The molecule has 0 radical (unpaired) electrons. The zero-order valence-corrected chi connectivity index (χ0v) is 7.92. The van der Waals surface area contributed by atoms with E-state index in [-0.39, 0.29) is 5.69 Å². The van der Waals surface area contributed by atoms with E-state index >= 15 is 0 Å². The van der Waals surface area contributed by atoms with E-state index in [0.29, 0.717) is 11.0 Å². The van der Waals surface area contributed by atoms with Gasteiger partial charge < -0.3 is 4.98 Å². The van der Waals surface area contributed by atoms with Crippen molar-refractivity contribution in [2.24, 2.45) is 0 Å². The summed E-state index contributed by atoms with van der Waals surface area (Å²) in [6.45, 7) is 0. The van der Waals surface area contributed by atoms with E-state index in [9.17, 15) is 13.2 Å². The lowest BCUT2D eigenvalue weighted by atomic mass is 10.1. The number of nitrogens with zero attached hydrogens (tertiary/aromatic N) is 2. The summed E-state index contributed by atoms with van der Waals surface area (Å²) in [7, 11) is 0. The van der Waals surface area contributed by atoms with Crippen LogP contribution in [0, 0.1) is 11.3 Å². The predicted molar refractivity (Wildman–Crippen MR) is 50.5 cm³/mol. The Balaban J connectivity index is 2.51. The second-order valence-corrected chi connectivity index (χ2v) is 3.26. The zero-order chi connectivity index (χ0) is 11.8. The highest BCUT2D eigenvalue weighted by atomic mass is 19.4. The molecule has 0 aliphatic heterocycles. The van der Waals surface area contributed by atoms with Gasteiger partial charge in [-0.1, -0.05) is 0 Å². The first-order valence-electron chi connectivity index (χ1n) is 4.42. The van der Waals surface area contributed by atoms with Gasteiger partial charge in [-0.15, -0.1) is 0 Å². The topological polar surface area (TPSA) is 52.5 Å². The number of alkyl halides is 3. The van der Waals surface area contributed by atoms with Crippen molar-refractivity contribution in [2.75, 3.05) is 0 Å². The molecule has 0 spiro atoms. The van der Waals surface area contributed by atoms with Gasteiger partial charge in [-0.3, -0.25) is 4.98 Å². The summed E-state index contributed by atoms with van der Waals surface area (Å²) < 4.78 is 37.4. The van der Waals surface area contributed by atoms with Crippen molar-refractivity contribution in [3.8, 4) is 6.07 Å². The first-order valence-corrected chi connectivity index (χ1v) is 4.42. The fourth-order valence-corrected chi connectivity index (χ4v) is 1.45. The van der Waals surface area contributed by atoms with Crippen molar-refractivity contribution < 1.29 is 13.2 Å². The van der Waals surface area contributed by atoms with Gasteiger partial charge in [0.2, 0.25) is 0 Å². The van der Waals surface area contributed by atoms with Crippen LogP contribution in [0.25, 0.3) is 11.0 Å². The Morgan fingerprint density at radius 3 is 2.75 bits per heavy atom. The SMILES string of the molecule is N#CC(c1cc2ncccc2[nH]1)C(F)(F)F. The Kier molecular flexibility index (Phi) is 2.31. The molecule has 0 saturated carbocycles. The van der Waals surface area contributed by atoms with E-state index in [1.54, 1.807) is 12.1 Å². The van der Waals surface area contributed by atoms with Crippen LogP contribution in [0.15, 0.2) is 24.4 Å². The van der Waals surface area contributed by atoms with Crippen LogP contribution >= 0.6 is 0 Å². The lowest BCUT2D eigenvalue weighted by Crippen LogP contribution is -2.19. The first kappa shape index (κ1) is 10.5. The third kappa shape index (κ3) is 1.72. The quantitative estimate of drug-likeness (QED) is 0.811. The number of H-pyrrole nitrogens is 1. The highest BCUT2D eigenvalue weighted by molar-refractivity contribution is 5.76. The third-order valence-electron chi connectivity index (χ3n) is 2.18. The number of pyridine rings is 1. The van der Waals surface area contributed by atoms with Gasteiger partial charge in [0.05, 0.1) is 17.1 Å². The molecule has 3 nitrogen and oxygen atoms in total. The van der Waals surface area contributed by atoms with Crippen molar-refractivity contribution in [2.45, 2.75) is 12.1 Å². The molecule has 82 valence electrons. The number of hydrogen-bond donors (Lipinski definition) is 1. The number of halogens is 3. The maximum Gasteiger partial charge on any atom is 0.409 e. The van der Waals surface area contributed by atoms with Gasteiger partial charge in [0.1, 0.15) is 0 Å². The molecule has 2 rings (SSSR count). The van der Waals surface area contributed by atoms with Crippen LogP contribution in [0.3, 0.4) is 0 Å². The summed E-state index contributed by atoms with van der Waals surface area (Å²) in [6.07, 6.45) is -3.09. The molecule has 0 amide bonds. The number of aromatic amines is 1. The van der Waals surface area contributed by atoms with E-state index in [1.165, 1.54) is 18.3 Å². The van der Waals surface area contributed by atoms with Crippen molar-refractivity contribution in [3.63, 3.8) is 0 Å². The standard InChI is InChI=1S/C10H6F3N3/c11-10(12,13)6(5-14)8-4-9-7(16-8)2-1-3-15-9/h1-4,6,16H. The Morgan fingerprint density at radius 2 is 2.19 bits per heavy atom. The van der Waals surface area contributed by atoms with Crippen LogP contribution in [0.4, 0.5) is 13.2 Å². The second kappa shape index (κ2) is 3.52. The van der Waals surface area contributed by atoms with Crippen molar-refractivity contribution in [1.29, 1.82) is 5.26 Å². The lowest BCUT2D eigenvalue weighted by molar-refractivity contribution is -0.138. The minimum absolute atomic E-state index is 0.177. The van der Waals surface area contributed by atoms with Crippen molar-refractivity contribution in [3.05, 3.63) is 30.1 Å². The lowest BCUT2D eigenvalue weighted by Gasteiger charge is -2.10. The molecule has 2 aromatic rings. The predicted octanol–water partition coefficient (Wildman–Crippen LogP) is 2.73. The fraction of sp³-hybridized carbons (Fsp3) is 0.200. The molecule has 0 bridgehead atoms. The van der Waals surface area contributed by atoms with E-state index in [2.05, 4.69) is 9.97 Å². The molecular formula is C10H6F3N3. The largest absolute Gasteiger partial charge is 0.409 e. The number of rotatable bonds is 1. The smallest absolute Gasteiger partial charge is 0.356 e. The van der Waals surface area contributed by atoms with Crippen LogP contribution in [-0.2, 0) is 0 Å². The fourth-order valence-electron chi connectivity index (χ4n) is 1.45. The molecule has 6 heteroatoms. The molecule has 1 unspecified atom stereocenters. The molecule has 0 fully saturated rings. The minimum atomic E-state index is -4.57. The van der Waals surface area contributed by atoms with Gasteiger partial charge in [0.25, 0.3) is 0 Å². The van der Waals surface area contributed by atoms with Gasteiger partial charge in [0, 0.05) is 11.9 Å². The number of nitriles is 1. The number of hydrogen-bond acceptors (Lipinski definition) is 2. The highest BCUT2D eigenvalue weighted by Crippen LogP contribution is 2.34. The van der Waals surface area contributed by atoms with Crippen LogP contribution in [-0.4, -0.2) is 16.1 Å². The van der Waals surface area contributed by atoms with Gasteiger partial charge in [0.15, 0.2) is 5.92 Å². The Morgan fingerprint density at radius 1 is 1.44 bits per heavy atom. The average Bonchev–Trinajstić information content (AvgIpc) is 2.59. The van der Waals surface area contributed by atoms with Crippen LogP contribution in [0.2, 0.25) is 0 Å². The molecule has 0 aliphatic rings. The normalized spacial score (nSPS) is 13.6. The molecule has 2 heterocycles. The molecule has 16 heavy (non-hydrogen) atoms. The molecule has 0 aliphatic carbocycles. The second-order valence-electron chi connectivity index (χ2n) is 3.26. The number of nitrogens with one attached hydrogen (secondary N) is 1. The zero-order valence-electron chi connectivity index (χ0n) is 7.92. The molecule has 2 aromatic heterocycles. The highest BCUT2D eigenvalue weighted by Gasteiger charge is 2.42. The summed E-state index contributed by atoms with van der Waals surface area (Å²) >= 11 is 0. The Labute approximate surface area is 88.5 Å². The van der Waals surface area contributed by atoms with Crippen LogP contribution in [0.5, 0.6) is 0 Å². The molecule has 0 aromatic carbocycles. The van der Waals surface area contributed by atoms with Gasteiger partial charge in [-0.2, -0.15) is 18.4 Å². The molecule has 1 N–H and O–H groups in total. The number of aromatic nitrogens is 2. The molecule has 1 atom stereocenters. The monoisotopic (exact) mass is 225 g/mol. The van der Waals surface area contributed by atoms with E-state index < -0.39 is 12.1 Å². The van der Waals surface area contributed by atoms with Gasteiger partial charge in [-0.25, -0.2) is 0 Å². The number of fused-ring (bicyclic) bond motifs is 1. The molecular weight excluding hydrogens is 219 g/mol. The van der Waals surface area contributed by atoms with Crippen molar-refractivity contribution in [1.82, 2.24) is 9.97 Å². The van der Waals surface area contributed by atoms with Gasteiger partial charge >= 0.3 is 6.18 Å². The summed E-state index contributed by atoms with van der Waals surface area (Å²) in [5, 5.41) is 8.53. The summed E-state index contributed by atoms with van der Waals surface area (Å²) in [4.78, 5) is 6.44. The van der Waals surface area contributed by atoms with E-state index in [0.717, 1.165) is 0 Å². The van der Waals surface area contributed by atoms with E-state index in [1.807, 2.05) is 0 Å². The van der Waals surface area contributed by atoms with Crippen LogP contribution < -0.4 is 0 Å². The maximum atomic E-state index is 12.5. The summed E-state index contributed by atoms with van der Waals surface area (Å²) in [5.74, 6) is -2.14. The third-order valence-corrected chi connectivity index (χ3v) is 2.18. The minimum Gasteiger partial charge on any atom is -0.356 e. The van der Waals surface area contributed by atoms with Crippen LogP contribution in [0.1, 0.15) is 11.6 Å². The van der Waals surface area contributed by atoms with E-state index in [4.69, 9.17) is 5.26 Å². The van der Waals surface area contributed by atoms with Crippen molar-refractivity contribution >= 4 is 11.0 Å². The molecule has 0 saturated heterocycles. The average molecular weight is 225 g/mol. The Hall–Kier alpha value is -2.03. The first-order chi connectivity index (χ1) is 7.52.